The van der Waals surface area contributed by atoms with Crippen LogP contribution < -0.4 is 5.73 Å². The molecule has 0 aromatic heterocycles. The fourth-order valence-corrected chi connectivity index (χ4v) is 4.16. The van der Waals surface area contributed by atoms with Crippen LogP contribution in [0.25, 0.3) is 0 Å². The summed E-state index contributed by atoms with van der Waals surface area (Å²) < 4.78 is 0. The number of aryl methyl sites for hydroxylation is 1. The molecule has 1 fully saturated rings. The lowest BCUT2D eigenvalue weighted by Gasteiger charge is -2.43. The molecule has 1 atom stereocenters. The third-order valence-electron chi connectivity index (χ3n) is 5.14. The fraction of sp³-hybridized carbons (Fsp3) is 0.600. The van der Waals surface area contributed by atoms with Gasteiger partial charge in [0.15, 0.2) is 0 Å². The molecule has 1 heterocycles. The Kier molecular flexibility index (Phi) is 1.79. The summed E-state index contributed by atoms with van der Waals surface area (Å²) in [7, 11) is 2.30. The Hall–Kier alpha value is -1.02. The predicted octanol–water partition coefficient (Wildman–Crippen LogP) is 2.62. The van der Waals surface area contributed by atoms with Gasteiger partial charge in [-0.25, -0.2) is 0 Å². The van der Waals surface area contributed by atoms with E-state index in [-0.39, 0.29) is 0 Å². The van der Waals surface area contributed by atoms with Gasteiger partial charge in [-0.15, -0.1) is 0 Å². The average molecular weight is 228 g/mol. The Morgan fingerprint density at radius 1 is 1.35 bits per heavy atom. The van der Waals surface area contributed by atoms with E-state index in [1.807, 2.05) is 0 Å². The number of hydrogen-bond acceptors (Lipinski definition) is 2. The van der Waals surface area contributed by atoms with Gasteiger partial charge in [0.1, 0.15) is 0 Å². The first-order valence-electron chi connectivity index (χ1n) is 6.85. The molecule has 1 aromatic carbocycles. The fourth-order valence-electron chi connectivity index (χ4n) is 4.16. The molecule has 4 rings (SSSR count). The third-order valence-corrected chi connectivity index (χ3v) is 5.14. The van der Waals surface area contributed by atoms with E-state index in [0.717, 1.165) is 11.6 Å². The Bertz CT molecular complexity index is 488. The van der Waals surface area contributed by atoms with Crippen molar-refractivity contribution in [3.8, 4) is 0 Å². The van der Waals surface area contributed by atoms with Crippen molar-refractivity contribution in [2.45, 2.75) is 43.6 Å². The van der Waals surface area contributed by atoms with Gasteiger partial charge in [-0.3, -0.25) is 4.90 Å². The largest absolute Gasteiger partial charge is 0.399 e. The summed E-state index contributed by atoms with van der Waals surface area (Å²) in [4.78, 5) is 2.59. The van der Waals surface area contributed by atoms with Gasteiger partial charge in [0.25, 0.3) is 0 Å². The van der Waals surface area contributed by atoms with Crippen LogP contribution in [0.4, 0.5) is 5.69 Å². The van der Waals surface area contributed by atoms with Crippen LogP contribution in [0.15, 0.2) is 12.1 Å². The van der Waals surface area contributed by atoms with Crippen molar-refractivity contribution in [1.82, 2.24) is 4.90 Å². The van der Waals surface area contributed by atoms with E-state index in [4.69, 9.17) is 5.73 Å². The second-order valence-corrected chi connectivity index (χ2v) is 6.14. The monoisotopic (exact) mass is 228 g/mol. The number of fused-ring (bicyclic) bond motifs is 1. The molecule has 2 heteroatoms. The zero-order valence-electron chi connectivity index (χ0n) is 10.5. The standard InChI is InChI=1S/C15H20N2/c1-17-9-11-4-2-3-10-7-12(16)8-13(14(10)11)15(17)5-6-15/h7-8,11H,2-6,9,16H2,1H3/t11-/m0/s1. The number of likely N-dealkylation sites (N-methyl/N-ethyl adjacent to an activating group) is 1. The lowest BCUT2D eigenvalue weighted by atomic mass is 9.74. The molecular weight excluding hydrogens is 208 g/mol. The molecule has 90 valence electrons. The van der Waals surface area contributed by atoms with Gasteiger partial charge in [0.2, 0.25) is 0 Å². The Balaban J connectivity index is 1.98. The van der Waals surface area contributed by atoms with Crippen LogP contribution in [0, 0.1) is 0 Å². The van der Waals surface area contributed by atoms with Crippen molar-refractivity contribution in [3.63, 3.8) is 0 Å². The van der Waals surface area contributed by atoms with Crippen molar-refractivity contribution >= 4 is 5.69 Å². The van der Waals surface area contributed by atoms with Gasteiger partial charge in [-0.2, -0.15) is 0 Å². The topological polar surface area (TPSA) is 29.3 Å². The molecule has 1 aliphatic heterocycles. The number of nitrogen functional groups attached to an aromatic ring is 1. The third kappa shape index (κ3) is 1.19. The maximum Gasteiger partial charge on any atom is 0.0463 e. The molecule has 0 saturated heterocycles. The van der Waals surface area contributed by atoms with E-state index in [1.54, 1.807) is 16.7 Å². The van der Waals surface area contributed by atoms with Crippen molar-refractivity contribution < 1.29 is 0 Å². The molecule has 0 amide bonds. The van der Waals surface area contributed by atoms with Crippen LogP contribution in [-0.2, 0) is 12.0 Å². The maximum atomic E-state index is 6.10. The summed E-state index contributed by atoms with van der Waals surface area (Å²) >= 11 is 0. The number of benzene rings is 1. The van der Waals surface area contributed by atoms with Gasteiger partial charge in [-0.05, 0) is 73.9 Å². The van der Waals surface area contributed by atoms with E-state index in [2.05, 4.69) is 24.1 Å². The highest BCUT2D eigenvalue weighted by Gasteiger charge is 2.53. The summed E-state index contributed by atoms with van der Waals surface area (Å²) in [6.07, 6.45) is 6.59. The van der Waals surface area contributed by atoms with Crippen LogP contribution in [0.1, 0.15) is 48.3 Å². The van der Waals surface area contributed by atoms with Gasteiger partial charge < -0.3 is 5.73 Å². The van der Waals surface area contributed by atoms with Crippen molar-refractivity contribution in [3.05, 3.63) is 28.8 Å². The molecule has 1 spiro atoms. The van der Waals surface area contributed by atoms with Gasteiger partial charge >= 0.3 is 0 Å². The van der Waals surface area contributed by atoms with Crippen LogP contribution >= 0.6 is 0 Å². The first kappa shape index (κ1) is 9.95. The Labute approximate surface area is 103 Å². The van der Waals surface area contributed by atoms with Crippen LogP contribution in [-0.4, -0.2) is 18.5 Å². The zero-order chi connectivity index (χ0) is 11.6. The molecule has 0 bridgehead atoms. The molecule has 17 heavy (non-hydrogen) atoms. The van der Waals surface area contributed by atoms with Crippen molar-refractivity contribution in [1.29, 1.82) is 0 Å². The molecule has 0 radical (unpaired) electrons. The molecule has 3 aliphatic rings. The Morgan fingerprint density at radius 3 is 2.94 bits per heavy atom. The van der Waals surface area contributed by atoms with E-state index in [0.29, 0.717) is 5.54 Å². The maximum absolute atomic E-state index is 6.10. The summed E-state index contributed by atoms with van der Waals surface area (Å²) in [6, 6.07) is 4.49. The highest BCUT2D eigenvalue weighted by Crippen LogP contribution is 2.57. The summed E-state index contributed by atoms with van der Waals surface area (Å²) in [5.41, 5.74) is 12.3. The zero-order valence-corrected chi connectivity index (χ0v) is 10.5. The molecular formula is C15H20N2. The molecule has 2 aliphatic carbocycles. The average Bonchev–Trinajstić information content (AvgIpc) is 3.07. The number of nitrogens with two attached hydrogens (primary N) is 1. The molecule has 1 aromatic rings. The number of hydrogen-bond donors (Lipinski definition) is 1. The van der Waals surface area contributed by atoms with E-state index in [1.165, 1.54) is 38.6 Å². The lowest BCUT2D eigenvalue weighted by Crippen LogP contribution is -2.42. The smallest absolute Gasteiger partial charge is 0.0463 e. The van der Waals surface area contributed by atoms with E-state index in [9.17, 15) is 0 Å². The SMILES string of the molecule is CN1C[C@@H]2CCCc3cc(N)cc(c32)C12CC2. The number of rotatable bonds is 0. The highest BCUT2D eigenvalue weighted by molar-refractivity contribution is 5.56. The van der Waals surface area contributed by atoms with Gasteiger partial charge in [0.05, 0.1) is 0 Å². The highest BCUT2D eigenvalue weighted by atomic mass is 15.2. The predicted molar refractivity (Wildman–Crippen MR) is 70.1 cm³/mol. The number of anilines is 1. The molecule has 1 saturated carbocycles. The molecule has 0 unspecified atom stereocenters. The lowest BCUT2D eigenvalue weighted by molar-refractivity contribution is 0.179. The molecule has 2 nitrogen and oxygen atoms in total. The van der Waals surface area contributed by atoms with E-state index < -0.39 is 0 Å². The van der Waals surface area contributed by atoms with Crippen LogP contribution in [0.3, 0.4) is 0 Å². The molecule has 2 N–H and O–H groups in total. The first-order valence-corrected chi connectivity index (χ1v) is 6.85. The quantitative estimate of drug-likeness (QED) is 0.692. The minimum Gasteiger partial charge on any atom is -0.399 e. The van der Waals surface area contributed by atoms with Gasteiger partial charge in [-0.1, -0.05) is 0 Å². The second kappa shape index (κ2) is 3.05. The summed E-state index contributed by atoms with van der Waals surface area (Å²) in [5, 5.41) is 0. The van der Waals surface area contributed by atoms with Crippen molar-refractivity contribution in [2.24, 2.45) is 0 Å². The first-order chi connectivity index (χ1) is 8.21. The van der Waals surface area contributed by atoms with Crippen molar-refractivity contribution in [2.75, 3.05) is 19.3 Å². The van der Waals surface area contributed by atoms with Gasteiger partial charge in [0, 0.05) is 17.8 Å². The summed E-state index contributed by atoms with van der Waals surface area (Å²) in [5.74, 6) is 0.769. The minimum absolute atomic E-state index is 0.368. The van der Waals surface area contributed by atoms with Crippen LogP contribution in [0.2, 0.25) is 0 Å². The Morgan fingerprint density at radius 2 is 2.18 bits per heavy atom. The minimum atomic E-state index is 0.368. The van der Waals surface area contributed by atoms with Crippen LogP contribution in [0.5, 0.6) is 0 Å². The summed E-state index contributed by atoms with van der Waals surface area (Å²) in [6.45, 7) is 1.25. The normalized spacial score (nSPS) is 29.1. The number of nitrogens with zero attached hydrogens (tertiary/aromatic N) is 1. The van der Waals surface area contributed by atoms with E-state index >= 15 is 0 Å². The second-order valence-electron chi connectivity index (χ2n) is 6.14.